The highest BCUT2D eigenvalue weighted by molar-refractivity contribution is 6.09. The quantitative estimate of drug-likeness (QED) is 0.544. The van der Waals surface area contributed by atoms with Gasteiger partial charge in [0.2, 0.25) is 0 Å². The van der Waals surface area contributed by atoms with E-state index in [0.717, 1.165) is 0 Å². The van der Waals surface area contributed by atoms with Crippen LogP contribution in [0.25, 0.3) is 27.4 Å². The largest absolute Gasteiger partial charge is 0.354 e. The number of H-pyrrole nitrogens is 1. The van der Waals surface area contributed by atoms with Gasteiger partial charge in [-0.3, -0.25) is 0 Å². The predicted octanol–water partition coefficient (Wildman–Crippen LogP) is 5.72. The molecule has 1 nitrogen and oxygen atoms in total. The van der Waals surface area contributed by atoms with Gasteiger partial charge in [-0.05, 0) is 53.3 Å². The molecule has 0 aliphatic heterocycles. The van der Waals surface area contributed by atoms with Crippen LogP contribution in [0.15, 0.2) is 54.1 Å². The average Bonchev–Trinajstić information content (AvgIpc) is 3.00. The summed E-state index contributed by atoms with van der Waals surface area (Å²) in [7, 11) is 0. The maximum atomic E-state index is 3.59. The fraction of sp³-hybridized carbons (Fsp3) is 0.238. The van der Waals surface area contributed by atoms with Gasteiger partial charge in [-0.1, -0.05) is 44.2 Å². The van der Waals surface area contributed by atoms with Crippen LogP contribution in [-0.4, -0.2) is 4.98 Å². The number of para-hydroxylation sites is 1. The van der Waals surface area contributed by atoms with Gasteiger partial charge in [-0.25, -0.2) is 0 Å². The fourth-order valence-electron chi connectivity index (χ4n) is 4.34. The lowest BCUT2D eigenvalue weighted by atomic mass is 9.80. The number of benzene rings is 2. The van der Waals surface area contributed by atoms with Crippen molar-refractivity contribution in [3.8, 4) is 0 Å². The number of hydrogen-bond acceptors (Lipinski definition) is 0. The Morgan fingerprint density at radius 1 is 1.00 bits per heavy atom. The first-order chi connectivity index (χ1) is 10.7. The summed E-state index contributed by atoms with van der Waals surface area (Å²) in [4.78, 5) is 3.59. The van der Waals surface area contributed by atoms with Gasteiger partial charge in [0.25, 0.3) is 0 Å². The molecule has 1 heterocycles. The molecule has 1 N–H and O–H groups in total. The Labute approximate surface area is 130 Å². The Kier molecular flexibility index (Phi) is 2.19. The molecule has 2 aliphatic carbocycles. The lowest BCUT2D eigenvalue weighted by molar-refractivity contribution is 0.652. The molecule has 3 aromatic rings. The molecule has 0 bridgehead atoms. The highest BCUT2D eigenvalue weighted by atomic mass is 14.7. The van der Waals surface area contributed by atoms with Crippen molar-refractivity contribution in [2.45, 2.75) is 32.1 Å². The van der Waals surface area contributed by atoms with E-state index < -0.39 is 0 Å². The van der Waals surface area contributed by atoms with Gasteiger partial charge in [-0.2, -0.15) is 0 Å². The van der Waals surface area contributed by atoms with Crippen LogP contribution in [-0.2, 0) is 5.41 Å². The number of rotatable bonds is 0. The molecule has 0 saturated heterocycles. The summed E-state index contributed by atoms with van der Waals surface area (Å²) < 4.78 is 0. The number of fused-ring (bicyclic) bond motifs is 5. The van der Waals surface area contributed by atoms with E-state index in [2.05, 4.69) is 67.4 Å². The van der Waals surface area contributed by atoms with Crippen molar-refractivity contribution >= 4 is 27.4 Å². The third-order valence-corrected chi connectivity index (χ3v) is 5.49. The first-order valence-corrected chi connectivity index (χ1v) is 8.12. The van der Waals surface area contributed by atoms with E-state index >= 15 is 0 Å². The SMILES string of the molecule is CC1(C)C2=C(CCC=C2)c2cc3[nH]c4ccccc4c3cc21. The van der Waals surface area contributed by atoms with Crippen molar-refractivity contribution in [2.24, 2.45) is 0 Å². The van der Waals surface area contributed by atoms with Crippen molar-refractivity contribution in [1.82, 2.24) is 4.98 Å². The Morgan fingerprint density at radius 3 is 2.77 bits per heavy atom. The van der Waals surface area contributed by atoms with E-state index in [4.69, 9.17) is 0 Å². The van der Waals surface area contributed by atoms with Gasteiger partial charge >= 0.3 is 0 Å². The number of allylic oxidation sites excluding steroid dienone is 4. The van der Waals surface area contributed by atoms with Gasteiger partial charge in [0.05, 0.1) is 0 Å². The van der Waals surface area contributed by atoms with Crippen molar-refractivity contribution in [3.05, 3.63) is 65.3 Å². The second-order valence-corrected chi connectivity index (χ2v) is 7.07. The molecule has 2 aliphatic rings. The minimum Gasteiger partial charge on any atom is -0.354 e. The van der Waals surface area contributed by atoms with Gasteiger partial charge < -0.3 is 4.98 Å². The maximum Gasteiger partial charge on any atom is 0.0471 e. The van der Waals surface area contributed by atoms with Crippen LogP contribution in [0, 0.1) is 0 Å². The van der Waals surface area contributed by atoms with Crippen LogP contribution in [0.1, 0.15) is 37.8 Å². The van der Waals surface area contributed by atoms with Crippen molar-refractivity contribution in [3.63, 3.8) is 0 Å². The number of nitrogens with one attached hydrogen (secondary N) is 1. The Morgan fingerprint density at radius 2 is 1.86 bits per heavy atom. The zero-order chi connectivity index (χ0) is 14.9. The minimum absolute atomic E-state index is 0.119. The highest BCUT2D eigenvalue weighted by Gasteiger charge is 2.37. The summed E-state index contributed by atoms with van der Waals surface area (Å²) in [6.07, 6.45) is 7.02. The van der Waals surface area contributed by atoms with Crippen molar-refractivity contribution < 1.29 is 0 Å². The lowest BCUT2D eigenvalue weighted by Gasteiger charge is -2.24. The molecule has 0 amide bonds. The van der Waals surface area contributed by atoms with E-state index in [-0.39, 0.29) is 5.41 Å². The van der Waals surface area contributed by atoms with Crippen LogP contribution in [0.4, 0.5) is 0 Å². The summed E-state index contributed by atoms with van der Waals surface area (Å²) in [6, 6.07) is 13.4. The Balaban J connectivity index is 1.89. The zero-order valence-electron chi connectivity index (χ0n) is 13.0. The molecule has 0 spiro atoms. The second kappa shape index (κ2) is 3.92. The fourth-order valence-corrected chi connectivity index (χ4v) is 4.34. The predicted molar refractivity (Wildman–Crippen MR) is 94.1 cm³/mol. The molecule has 1 aromatic heterocycles. The minimum atomic E-state index is 0.119. The Bertz CT molecular complexity index is 995. The molecule has 2 aromatic carbocycles. The number of aromatic nitrogens is 1. The maximum absolute atomic E-state index is 3.59. The zero-order valence-corrected chi connectivity index (χ0v) is 13.0. The van der Waals surface area contributed by atoms with Crippen LogP contribution in [0.3, 0.4) is 0 Å². The highest BCUT2D eigenvalue weighted by Crippen LogP contribution is 2.51. The van der Waals surface area contributed by atoms with Gasteiger partial charge in [0.1, 0.15) is 0 Å². The monoisotopic (exact) mass is 285 g/mol. The topological polar surface area (TPSA) is 15.8 Å². The first-order valence-electron chi connectivity index (χ1n) is 8.12. The van der Waals surface area contributed by atoms with E-state index in [1.54, 1.807) is 5.57 Å². The molecule has 0 atom stereocenters. The third kappa shape index (κ3) is 1.39. The van der Waals surface area contributed by atoms with E-state index in [9.17, 15) is 0 Å². The van der Waals surface area contributed by atoms with Gasteiger partial charge in [-0.15, -0.1) is 0 Å². The van der Waals surface area contributed by atoms with Crippen LogP contribution in [0.5, 0.6) is 0 Å². The molecule has 0 saturated carbocycles. The van der Waals surface area contributed by atoms with Crippen LogP contribution in [0.2, 0.25) is 0 Å². The number of hydrogen-bond donors (Lipinski definition) is 1. The summed E-state index contributed by atoms with van der Waals surface area (Å²) in [5, 5.41) is 2.68. The third-order valence-electron chi connectivity index (χ3n) is 5.49. The second-order valence-electron chi connectivity index (χ2n) is 7.07. The normalized spacial score (nSPS) is 19.0. The standard InChI is InChI=1S/C21H19N/c1-21(2)17-9-5-3-7-13(17)15-12-20-16(11-18(15)21)14-8-4-6-10-19(14)22-20/h4-6,8-12,22H,3,7H2,1-2H3. The van der Waals surface area contributed by atoms with E-state index in [0.29, 0.717) is 0 Å². The first kappa shape index (κ1) is 12.3. The molecule has 0 fully saturated rings. The Hall–Kier alpha value is -2.28. The van der Waals surface area contributed by atoms with E-state index in [1.807, 2.05) is 0 Å². The molecule has 22 heavy (non-hydrogen) atoms. The van der Waals surface area contributed by atoms with Crippen LogP contribution >= 0.6 is 0 Å². The van der Waals surface area contributed by atoms with Crippen LogP contribution < -0.4 is 0 Å². The average molecular weight is 285 g/mol. The van der Waals surface area contributed by atoms with Gasteiger partial charge in [0, 0.05) is 27.2 Å². The molecule has 5 rings (SSSR count). The summed E-state index contributed by atoms with van der Waals surface area (Å²) >= 11 is 0. The molecule has 0 unspecified atom stereocenters. The smallest absolute Gasteiger partial charge is 0.0471 e. The molecule has 108 valence electrons. The van der Waals surface area contributed by atoms with Gasteiger partial charge in [0.15, 0.2) is 0 Å². The molecular weight excluding hydrogens is 266 g/mol. The summed E-state index contributed by atoms with van der Waals surface area (Å²) in [6.45, 7) is 4.73. The molecule has 1 heteroatoms. The lowest BCUT2D eigenvalue weighted by Crippen LogP contribution is -2.16. The molecular formula is C21H19N. The molecule has 0 radical (unpaired) electrons. The van der Waals surface area contributed by atoms with Crippen molar-refractivity contribution in [2.75, 3.05) is 0 Å². The summed E-state index contributed by atoms with van der Waals surface area (Å²) in [5.41, 5.74) is 8.64. The van der Waals surface area contributed by atoms with Crippen molar-refractivity contribution in [1.29, 1.82) is 0 Å². The summed E-state index contributed by atoms with van der Waals surface area (Å²) in [5.74, 6) is 0. The van der Waals surface area contributed by atoms with E-state index in [1.165, 1.54) is 51.3 Å². The number of aromatic amines is 1.